The summed E-state index contributed by atoms with van der Waals surface area (Å²) >= 11 is 0. The summed E-state index contributed by atoms with van der Waals surface area (Å²) in [5.74, 6) is 0. The Morgan fingerprint density at radius 3 is 2.79 bits per heavy atom. The predicted octanol–water partition coefficient (Wildman–Crippen LogP) is 2.15. The van der Waals surface area contributed by atoms with Crippen LogP contribution in [0.4, 0.5) is 0 Å². The van der Waals surface area contributed by atoms with E-state index in [9.17, 15) is 4.79 Å². The van der Waals surface area contributed by atoms with Gasteiger partial charge in [-0.2, -0.15) is 0 Å². The Bertz CT molecular complexity index is 824. The molecular formula is C12H11NO. The smallest absolute Gasteiger partial charge is 0.255 e. The Morgan fingerprint density at radius 1 is 1.29 bits per heavy atom. The minimum Gasteiger partial charge on any atom is -0.284 e. The second-order valence-electron chi connectivity index (χ2n) is 2.52. The second kappa shape index (κ2) is 3.50. The molecule has 2 nitrogen and oxygen atoms in total. The SMILES string of the molecule is [2H]c1c([2H])c([2H])c(-n2cc(C([2H])([2H])[2H])cc([2H])c2=O)c([2H])c1[2H]. The molecule has 2 heteroatoms. The van der Waals surface area contributed by atoms with Crippen molar-refractivity contribution in [1.82, 2.24) is 4.57 Å². The van der Waals surface area contributed by atoms with E-state index in [-0.39, 0.29) is 5.56 Å². The molecule has 1 aromatic heterocycles. The highest BCUT2D eigenvalue weighted by Gasteiger charge is 1.97. The predicted molar refractivity (Wildman–Crippen MR) is 56.8 cm³/mol. The first kappa shape index (κ1) is 3.09. The molecule has 0 saturated heterocycles. The van der Waals surface area contributed by atoms with Crippen LogP contribution in [0, 0.1) is 6.85 Å². The lowest BCUT2D eigenvalue weighted by Gasteiger charge is -2.05. The Labute approximate surface area is 95.1 Å². The van der Waals surface area contributed by atoms with Gasteiger partial charge in [-0.25, -0.2) is 0 Å². The van der Waals surface area contributed by atoms with Crippen molar-refractivity contribution < 1.29 is 12.3 Å². The summed E-state index contributed by atoms with van der Waals surface area (Å²) in [5.41, 5.74) is -1.80. The molecule has 0 spiro atoms. The van der Waals surface area contributed by atoms with Gasteiger partial charge in [-0.15, -0.1) is 0 Å². The third-order valence-corrected chi connectivity index (χ3v) is 1.57. The minimum absolute atomic E-state index is 0.339. The van der Waals surface area contributed by atoms with E-state index in [1.54, 1.807) is 0 Å². The zero-order valence-corrected chi connectivity index (χ0v) is 7.01. The van der Waals surface area contributed by atoms with Crippen molar-refractivity contribution in [2.24, 2.45) is 0 Å². The lowest BCUT2D eigenvalue weighted by atomic mass is 10.3. The number of aryl methyl sites for hydroxylation is 1. The fraction of sp³-hybridized carbons (Fsp3) is 0.0833. The molecule has 0 N–H and O–H groups in total. The standard InChI is InChI=1S/C12H11NO/c1-10-7-8-12(14)13(9-10)11-5-3-2-4-6-11/h2-9H,1H3/i1D3,2D,3D,4D,5D,6D,8D. The average Bonchev–Trinajstić information content (AvgIpc) is 2.46. The summed E-state index contributed by atoms with van der Waals surface area (Å²) in [6, 6.07) is -3.01. The molecule has 0 bridgehead atoms. The molecule has 0 unspecified atom stereocenters. The highest BCUT2D eigenvalue weighted by atomic mass is 16.1. The molecule has 0 aliphatic rings. The van der Waals surface area contributed by atoms with E-state index in [1.165, 1.54) is 0 Å². The van der Waals surface area contributed by atoms with Gasteiger partial charge in [-0.3, -0.25) is 9.36 Å². The van der Waals surface area contributed by atoms with Gasteiger partial charge in [0.05, 0.1) is 8.22 Å². The van der Waals surface area contributed by atoms with Gasteiger partial charge in [-0.05, 0) is 24.5 Å². The van der Waals surface area contributed by atoms with Crippen LogP contribution in [0.2, 0.25) is 0 Å². The maximum Gasteiger partial charge on any atom is 0.255 e. The summed E-state index contributed by atoms with van der Waals surface area (Å²) < 4.78 is 68.7. The van der Waals surface area contributed by atoms with E-state index in [0.29, 0.717) is 4.57 Å². The molecule has 14 heavy (non-hydrogen) atoms. The molecule has 70 valence electrons. The van der Waals surface area contributed by atoms with Crippen molar-refractivity contribution >= 4 is 0 Å². The molecule has 2 rings (SSSR count). The Morgan fingerprint density at radius 2 is 2.07 bits per heavy atom. The summed E-state index contributed by atoms with van der Waals surface area (Å²) in [7, 11) is 0. The third kappa shape index (κ3) is 1.59. The molecule has 0 amide bonds. The quantitative estimate of drug-likeness (QED) is 0.681. The topological polar surface area (TPSA) is 22.0 Å². The Hall–Kier alpha value is -1.83. The first-order chi connectivity index (χ1) is 10.5. The van der Waals surface area contributed by atoms with Gasteiger partial charge >= 0.3 is 0 Å². The van der Waals surface area contributed by atoms with Crippen LogP contribution in [-0.4, -0.2) is 4.57 Å². The number of nitrogens with zero attached hydrogens (tertiary/aromatic N) is 1. The van der Waals surface area contributed by atoms with Crippen molar-refractivity contribution in [1.29, 1.82) is 0 Å². The normalized spacial score (nSPS) is 20.1. The van der Waals surface area contributed by atoms with Gasteiger partial charge in [0.15, 0.2) is 0 Å². The molecule has 0 fully saturated rings. The summed E-state index contributed by atoms with van der Waals surface area (Å²) in [6.45, 7) is -2.61. The monoisotopic (exact) mass is 194 g/mol. The van der Waals surface area contributed by atoms with E-state index in [4.69, 9.17) is 12.3 Å². The summed E-state index contributed by atoms with van der Waals surface area (Å²) in [5, 5.41) is 0. The van der Waals surface area contributed by atoms with Crippen LogP contribution in [0.15, 0.2) is 53.3 Å². The zero-order chi connectivity index (χ0) is 17.7. The number of hydrogen-bond acceptors (Lipinski definition) is 1. The molecule has 0 aliphatic carbocycles. The number of para-hydroxylation sites is 1. The third-order valence-electron chi connectivity index (χ3n) is 1.57. The van der Waals surface area contributed by atoms with Crippen molar-refractivity contribution in [3.63, 3.8) is 0 Å². The van der Waals surface area contributed by atoms with Gasteiger partial charge in [0, 0.05) is 22.0 Å². The van der Waals surface area contributed by atoms with Crippen LogP contribution < -0.4 is 5.56 Å². The molecule has 0 saturated carbocycles. The summed E-state index contributed by atoms with van der Waals surface area (Å²) in [6.07, 6.45) is 0.876. The van der Waals surface area contributed by atoms with Crippen LogP contribution in [-0.2, 0) is 0 Å². The van der Waals surface area contributed by atoms with Crippen molar-refractivity contribution in [2.45, 2.75) is 6.85 Å². The fourth-order valence-electron chi connectivity index (χ4n) is 0.974. The second-order valence-corrected chi connectivity index (χ2v) is 2.52. The highest BCUT2D eigenvalue weighted by Crippen LogP contribution is 2.04. The van der Waals surface area contributed by atoms with Crippen LogP contribution in [0.5, 0.6) is 0 Å². The van der Waals surface area contributed by atoms with Gasteiger partial charge in [0.2, 0.25) is 0 Å². The largest absolute Gasteiger partial charge is 0.284 e. The van der Waals surface area contributed by atoms with Crippen molar-refractivity contribution in [2.75, 3.05) is 0 Å². The lowest BCUT2D eigenvalue weighted by molar-refractivity contribution is 0.976. The molecule has 0 atom stereocenters. The molecular weight excluding hydrogens is 174 g/mol. The number of hydrogen-bond donors (Lipinski definition) is 0. The van der Waals surface area contributed by atoms with Gasteiger partial charge in [0.25, 0.3) is 5.56 Å². The maximum atomic E-state index is 12.1. The van der Waals surface area contributed by atoms with Gasteiger partial charge < -0.3 is 0 Å². The van der Waals surface area contributed by atoms with Crippen molar-refractivity contribution in [3.8, 4) is 5.69 Å². The fourth-order valence-corrected chi connectivity index (χ4v) is 0.974. The van der Waals surface area contributed by atoms with Crippen molar-refractivity contribution in [3.05, 3.63) is 64.4 Å². The number of benzene rings is 1. The van der Waals surface area contributed by atoms with Crippen LogP contribution >= 0.6 is 0 Å². The first-order valence-electron chi connectivity index (χ1n) is 8.28. The summed E-state index contributed by atoms with van der Waals surface area (Å²) in [4.78, 5) is 12.1. The van der Waals surface area contributed by atoms with Crippen LogP contribution in [0.25, 0.3) is 5.69 Å². The molecule has 1 heterocycles. The molecule has 1 aromatic carbocycles. The van der Waals surface area contributed by atoms with Crippen LogP contribution in [0.1, 0.15) is 17.9 Å². The van der Waals surface area contributed by atoms with E-state index < -0.39 is 54.4 Å². The Balaban J connectivity index is 2.94. The van der Waals surface area contributed by atoms with Crippen LogP contribution in [0.3, 0.4) is 0 Å². The lowest BCUT2D eigenvalue weighted by Crippen LogP contribution is -2.16. The maximum absolute atomic E-state index is 12.1. The zero-order valence-electron chi connectivity index (χ0n) is 16.0. The van der Waals surface area contributed by atoms with Gasteiger partial charge in [-0.1, -0.05) is 24.2 Å². The minimum atomic E-state index is -2.61. The van der Waals surface area contributed by atoms with E-state index in [1.807, 2.05) is 0 Å². The molecule has 0 radical (unpaired) electrons. The average molecular weight is 194 g/mol. The molecule has 2 aromatic rings. The number of rotatable bonds is 1. The van der Waals surface area contributed by atoms with E-state index in [0.717, 1.165) is 12.3 Å². The number of pyridine rings is 1. The molecule has 0 aliphatic heterocycles. The van der Waals surface area contributed by atoms with E-state index >= 15 is 0 Å². The first-order valence-corrected chi connectivity index (χ1v) is 3.78. The van der Waals surface area contributed by atoms with E-state index in [2.05, 4.69) is 0 Å². The van der Waals surface area contributed by atoms with Gasteiger partial charge in [0.1, 0.15) is 0 Å². The Kier molecular flexibility index (Phi) is 0.772. The highest BCUT2D eigenvalue weighted by molar-refractivity contribution is 5.32. The number of aromatic nitrogens is 1.